The van der Waals surface area contributed by atoms with Crippen molar-refractivity contribution in [2.24, 2.45) is 0 Å². The molecule has 4 rings (SSSR count). The summed E-state index contributed by atoms with van der Waals surface area (Å²) in [6.07, 6.45) is 7.13. The maximum atomic E-state index is 12.6. The fourth-order valence-electron chi connectivity index (χ4n) is 5.48. The standard InChI is InChI=1S/C32H40O5Si/c1-34-30-24-25(12-11-23-38(3,4)35-2)15-20-29(30)37-31(33)36-28-18-16-27(17-19-28)32(21-9-6-10-22-32)26-13-7-5-8-14-26/h5,7-8,13-20,24H,6,9-12,21-23H2,1-4H3. The minimum absolute atomic E-state index is 0.00909. The van der Waals surface area contributed by atoms with Crippen LogP contribution in [-0.2, 0) is 16.3 Å². The average Bonchev–Trinajstić information content (AvgIpc) is 2.95. The molecule has 0 amide bonds. The maximum Gasteiger partial charge on any atom is 0.519 e. The van der Waals surface area contributed by atoms with E-state index in [9.17, 15) is 4.79 Å². The summed E-state index contributed by atoms with van der Waals surface area (Å²) >= 11 is 0. The Bertz CT molecular complexity index is 1180. The van der Waals surface area contributed by atoms with E-state index in [0.29, 0.717) is 17.2 Å². The number of ether oxygens (including phenoxy) is 3. The van der Waals surface area contributed by atoms with Crippen molar-refractivity contribution in [3.05, 3.63) is 89.5 Å². The summed E-state index contributed by atoms with van der Waals surface area (Å²) in [6, 6.07) is 25.4. The van der Waals surface area contributed by atoms with Gasteiger partial charge in [-0.25, -0.2) is 4.79 Å². The summed E-state index contributed by atoms with van der Waals surface area (Å²) < 4.78 is 22.2. The van der Waals surface area contributed by atoms with E-state index in [1.54, 1.807) is 20.3 Å². The number of aryl methyl sites for hydroxylation is 1. The van der Waals surface area contributed by atoms with Crippen LogP contribution in [0.3, 0.4) is 0 Å². The SMILES string of the molecule is COc1cc(CCC[Si](C)(C)OC)ccc1OC(=O)Oc1ccc(C2(c3ccccc3)CCCCC2)cc1. The van der Waals surface area contributed by atoms with Crippen LogP contribution in [0.1, 0.15) is 55.2 Å². The molecular formula is C32H40O5Si. The second-order valence-electron chi connectivity index (χ2n) is 10.8. The highest BCUT2D eigenvalue weighted by atomic mass is 28.4. The van der Waals surface area contributed by atoms with Gasteiger partial charge in [0.1, 0.15) is 5.75 Å². The van der Waals surface area contributed by atoms with Gasteiger partial charge < -0.3 is 18.6 Å². The predicted octanol–water partition coefficient (Wildman–Crippen LogP) is 8.31. The van der Waals surface area contributed by atoms with E-state index >= 15 is 0 Å². The molecule has 0 aliphatic heterocycles. The molecule has 1 saturated carbocycles. The molecule has 0 spiro atoms. The average molecular weight is 533 g/mol. The van der Waals surface area contributed by atoms with Crippen molar-refractivity contribution in [2.75, 3.05) is 14.2 Å². The molecule has 0 unspecified atom stereocenters. The Hall–Kier alpha value is -3.09. The molecule has 202 valence electrons. The number of hydrogen-bond acceptors (Lipinski definition) is 5. The second kappa shape index (κ2) is 12.6. The van der Waals surface area contributed by atoms with Gasteiger partial charge in [0.15, 0.2) is 19.8 Å². The molecule has 0 atom stereocenters. The minimum Gasteiger partial charge on any atom is -0.493 e. The third-order valence-electron chi connectivity index (χ3n) is 7.86. The summed E-state index contributed by atoms with van der Waals surface area (Å²) in [5.74, 6) is 1.31. The molecule has 3 aromatic carbocycles. The maximum absolute atomic E-state index is 12.6. The number of hydrogen-bond donors (Lipinski definition) is 0. The zero-order chi connectivity index (χ0) is 27.0. The Morgan fingerprint density at radius 1 is 0.816 bits per heavy atom. The van der Waals surface area contributed by atoms with Crippen LogP contribution in [0.25, 0.3) is 0 Å². The molecule has 5 nitrogen and oxygen atoms in total. The van der Waals surface area contributed by atoms with Crippen LogP contribution >= 0.6 is 0 Å². The first kappa shape index (κ1) is 27.9. The van der Waals surface area contributed by atoms with Gasteiger partial charge in [0.05, 0.1) is 7.11 Å². The largest absolute Gasteiger partial charge is 0.519 e. The number of benzene rings is 3. The molecule has 1 aliphatic rings. The van der Waals surface area contributed by atoms with Crippen LogP contribution in [0, 0.1) is 0 Å². The third-order valence-corrected chi connectivity index (χ3v) is 10.5. The van der Waals surface area contributed by atoms with Crippen molar-refractivity contribution in [3.8, 4) is 17.2 Å². The van der Waals surface area contributed by atoms with Crippen LogP contribution in [0.4, 0.5) is 4.79 Å². The Labute approximate surface area is 228 Å². The number of carbonyl (C=O) groups is 1. The topological polar surface area (TPSA) is 54.0 Å². The molecule has 0 bridgehead atoms. The van der Waals surface area contributed by atoms with Gasteiger partial charge in [0.25, 0.3) is 0 Å². The molecule has 0 N–H and O–H groups in total. The van der Waals surface area contributed by atoms with Gasteiger partial charge in [-0.2, -0.15) is 0 Å². The van der Waals surface area contributed by atoms with Crippen molar-refractivity contribution in [1.82, 2.24) is 0 Å². The van der Waals surface area contributed by atoms with Crippen LogP contribution in [0.2, 0.25) is 19.1 Å². The van der Waals surface area contributed by atoms with Crippen LogP contribution < -0.4 is 14.2 Å². The van der Waals surface area contributed by atoms with Crippen LogP contribution in [-0.4, -0.2) is 28.7 Å². The monoisotopic (exact) mass is 532 g/mol. The van der Waals surface area contributed by atoms with Crippen LogP contribution in [0.5, 0.6) is 17.2 Å². The highest BCUT2D eigenvalue weighted by molar-refractivity contribution is 6.71. The van der Waals surface area contributed by atoms with E-state index in [2.05, 4.69) is 55.6 Å². The molecule has 1 aliphatic carbocycles. The Balaban J connectivity index is 1.40. The first-order valence-corrected chi connectivity index (χ1v) is 16.7. The van der Waals surface area contributed by atoms with Gasteiger partial charge in [-0.05, 0) is 85.8 Å². The molecule has 38 heavy (non-hydrogen) atoms. The molecule has 3 aromatic rings. The zero-order valence-corrected chi connectivity index (χ0v) is 24.1. The van der Waals surface area contributed by atoms with E-state index < -0.39 is 14.5 Å². The number of methoxy groups -OCH3 is 1. The van der Waals surface area contributed by atoms with E-state index in [0.717, 1.165) is 37.3 Å². The Kier molecular flexibility index (Phi) is 9.29. The van der Waals surface area contributed by atoms with Gasteiger partial charge in [0, 0.05) is 12.5 Å². The van der Waals surface area contributed by atoms with Gasteiger partial charge in [-0.3, -0.25) is 0 Å². The summed E-state index contributed by atoms with van der Waals surface area (Å²) in [5.41, 5.74) is 3.76. The summed E-state index contributed by atoms with van der Waals surface area (Å²) in [5, 5.41) is 0. The fourth-order valence-corrected chi connectivity index (χ4v) is 6.71. The summed E-state index contributed by atoms with van der Waals surface area (Å²) in [4.78, 5) is 12.6. The normalized spacial score (nSPS) is 15.1. The molecular weight excluding hydrogens is 492 g/mol. The third kappa shape index (κ3) is 6.86. The second-order valence-corrected chi connectivity index (χ2v) is 15.2. The number of carbonyl (C=O) groups excluding carboxylic acids is 1. The van der Waals surface area contributed by atoms with Crippen molar-refractivity contribution in [3.63, 3.8) is 0 Å². The van der Waals surface area contributed by atoms with Crippen molar-refractivity contribution in [1.29, 1.82) is 0 Å². The van der Waals surface area contributed by atoms with Crippen molar-refractivity contribution in [2.45, 2.75) is 69.5 Å². The van der Waals surface area contributed by atoms with Gasteiger partial charge in [-0.15, -0.1) is 0 Å². The quantitative estimate of drug-likeness (QED) is 0.149. The molecule has 6 heteroatoms. The number of rotatable bonds is 10. The van der Waals surface area contributed by atoms with Crippen molar-refractivity contribution < 1.29 is 23.4 Å². The van der Waals surface area contributed by atoms with Gasteiger partial charge >= 0.3 is 6.16 Å². The van der Waals surface area contributed by atoms with E-state index in [1.807, 2.05) is 24.3 Å². The lowest BCUT2D eigenvalue weighted by Gasteiger charge is -2.38. The minimum atomic E-state index is -1.58. The lowest BCUT2D eigenvalue weighted by molar-refractivity contribution is 0.150. The molecule has 0 saturated heterocycles. The van der Waals surface area contributed by atoms with Gasteiger partial charge in [-0.1, -0.05) is 67.8 Å². The fraction of sp³-hybridized carbons (Fsp3) is 0.406. The summed E-state index contributed by atoms with van der Waals surface area (Å²) in [7, 11) is 1.80. The molecule has 1 fully saturated rings. The smallest absolute Gasteiger partial charge is 0.493 e. The highest BCUT2D eigenvalue weighted by Crippen LogP contribution is 2.45. The van der Waals surface area contributed by atoms with Crippen LogP contribution in [0.15, 0.2) is 72.8 Å². The molecule has 0 radical (unpaired) electrons. The van der Waals surface area contributed by atoms with E-state index in [1.165, 1.54) is 30.4 Å². The first-order valence-electron chi connectivity index (χ1n) is 13.6. The summed E-state index contributed by atoms with van der Waals surface area (Å²) in [6.45, 7) is 4.45. The predicted molar refractivity (Wildman–Crippen MR) is 154 cm³/mol. The molecule has 0 aromatic heterocycles. The highest BCUT2D eigenvalue weighted by Gasteiger charge is 2.35. The van der Waals surface area contributed by atoms with Crippen molar-refractivity contribution >= 4 is 14.5 Å². The molecule has 0 heterocycles. The van der Waals surface area contributed by atoms with Gasteiger partial charge in [0.2, 0.25) is 0 Å². The lowest BCUT2D eigenvalue weighted by atomic mass is 9.65. The lowest BCUT2D eigenvalue weighted by Crippen LogP contribution is -2.30. The zero-order valence-electron chi connectivity index (χ0n) is 23.1. The first-order chi connectivity index (χ1) is 18.3. The Morgan fingerprint density at radius 3 is 2.16 bits per heavy atom. The van der Waals surface area contributed by atoms with E-state index in [-0.39, 0.29) is 5.41 Å². The van der Waals surface area contributed by atoms with E-state index in [4.69, 9.17) is 18.6 Å². The Morgan fingerprint density at radius 2 is 1.50 bits per heavy atom.